The summed E-state index contributed by atoms with van der Waals surface area (Å²) in [6.45, 7) is 0.682. The van der Waals surface area contributed by atoms with E-state index in [0.29, 0.717) is 38.5 Å². The lowest BCUT2D eigenvalue weighted by molar-refractivity contribution is -0.144. The number of carboxylic acid groups (broad SMARTS) is 1. The lowest BCUT2D eigenvalue weighted by atomic mass is 9.81. The molecule has 1 saturated heterocycles. The van der Waals surface area contributed by atoms with Crippen molar-refractivity contribution in [2.75, 3.05) is 20.6 Å². The molecule has 7 heteroatoms. The molecule has 0 radical (unpaired) electrons. The van der Waals surface area contributed by atoms with Crippen LogP contribution in [-0.2, 0) is 4.79 Å². The molecule has 6 nitrogen and oxygen atoms in total. The molecule has 0 spiro atoms. The molecule has 0 amide bonds. The number of unbranched alkanes of at least 4 members (excludes halogenated alkanes) is 1. The van der Waals surface area contributed by atoms with Gasteiger partial charge in [0.15, 0.2) is 0 Å². The van der Waals surface area contributed by atoms with Gasteiger partial charge in [-0.25, -0.2) is 0 Å². The SMILES string of the molecule is CN(C)[C@H]1CN[C@@](CCCCB(O)O)(C(=O)O)C1. The van der Waals surface area contributed by atoms with E-state index in [2.05, 4.69) is 5.32 Å². The number of carboxylic acids is 1. The molecule has 1 aliphatic rings. The minimum absolute atomic E-state index is 0.240. The minimum Gasteiger partial charge on any atom is -0.480 e. The Morgan fingerprint density at radius 2 is 2.11 bits per heavy atom. The summed E-state index contributed by atoms with van der Waals surface area (Å²) in [5, 5.41) is 30.0. The van der Waals surface area contributed by atoms with Crippen LogP contribution in [0.15, 0.2) is 0 Å². The predicted molar refractivity (Wildman–Crippen MR) is 69.3 cm³/mol. The number of hydrogen-bond acceptors (Lipinski definition) is 5. The van der Waals surface area contributed by atoms with E-state index in [1.165, 1.54) is 0 Å². The zero-order valence-corrected chi connectivity index (χ0v) is 11.1. The van der Waals surface area contributed by atoms with Gasteiger partial charge >= 0.3 is 13.1 Å². The van der Waals surface area contributed by atoms with Gasteiger partial charge in [0.05, 0.1) is 0 Å². The van der Waals surface area contributed by atoms with Gasteiger partial charge in [0, 0.05) is 12.6 Å². The average Bonchev–Trinajstić information content (AvgIpc) is 2.70. The van der Waals surface area contributed by atoms with Crippen molar-refractivity contribution < 1.29 is 19.9 Å². The maximum absolute atomic E-state index is 11.4. The normalized spacial score (nSPS) is 27.7. The fraction of sp³-hybridized carbons (Fsp3) is 0.909. The largest absolute Gasteiger partial charge is 0.480 e. The van der Waals surface area contributed by atoms with Crippen molar-refractivity contribution in [3.63, 3.8) is 0 Å². The van der Waals surface area contributed by atoms with Gasteiger partial charge in [0.2, 0.25) is 0 Å². The van der Waals surface area contributed by atoms with Crippen molar-refractivity contribution in [3.05, 3.63) is 0 Å². The van der Waals surface area contributed by atoms with Crippen LogP contribution in [0.3, 0.4) is 0 Å². The zero-order valence-electron chi connectivity index (χ0n) is 11.1. The molecular weight excluding hydrogens is 235 g/mol. The fourth-order valence-corrected chi connectivity index (χ4v) is 2.44. The van der Waals surface area contributed by atoms with E-state index < -0.39 is 18.6 Å². The number of carbonyl (C=O) groups is 1. The summed E-state index contributed by atoms with van der Waals surface area (Å²) in [7, 11) is 2.61. The maximum atomic E-state index is 11.4. The minimum atomic E-state index is -1.29. The highest BCUT2D eigenvalue weighted by Crippen LogP contribution is 2.28. The van der Waals surface area contributed by atoms with Gasteiger partial charge in [-0.05, 0) is 33.3 Å². The highest BCUT2D eigenvalue weighted by molar-refractivity contribution is 6.40. The quantitative estimate of drug-likeness (QED) is 0.359. The number of rotatable bonds is 7. The van der Waals surface area contributed by atoms with Gasteiger partial charge in [-0.3, -0.25) is 4.79 Å². The van der Waals surface area contributed by atoms with Crippen LogP contribution in [0.1, 0.15) is 25.7 Å². The second-order valence-corrected chi connectivity index (χ2v) is 5.32. The van der Waals surface area contributed by atoms with E-state index in [1.807, 2.05) is 19.0 Å². The standard InChI is InChI=1S/C11H23BN2O4/c1-14(2)9-7-11(10(15)16,13-8-9)5-3-4-6-12(17)18/h9,13,17-18H,3-8H2,1-2H3,(H,15,16)/t9-,11-/m1/s1. The lowest BCUT2D eigenvalue weighted by Gasteiger charge is -2.25. The van der Waals surface area contributed by atoms with Crippen molar-refractivity contribution in [2.45, 2.75) is 43.6 Å². The van der Waals surface area contributed by atoms with Crippen molar-refractivity contribution >= 4 is 13.1 Å². The van der Waals surface area contributed by atoms with Gasteiger partial charge in [-0.2, -0.15) is 0 Å². The first-order chi connectivity index (χ1) is 8.37. The van der Waals surface area contributed by atoms with Crippen LogP contribution in [0.4, 0.5) is 0 Å². The molecule has 0 aromatic carbocycles. The second kappa shape index (κ2) is 6.52. The number of nitrogens with zero attached hydrogens (tertiary/aromatic N) is 1. The van der Waals surface area contributed by atoms with E-state index in [-0.39, 0.29) is 6.04 Å². The van der Waals surface area contributed by atoms with Crippen molar-refractivity contribution in [2.24, 2.45) is 0 Å². The summed E-state index contributed by atoms with van der Waals surface area (Å²) < 4.78 is 0. The molecular formula is C11H23BN2O4. The second-order valence-electron chi connectivity index (χ2n) is 5.32. The van der Waals surface area contributed by atoms with Crippen LogP contribution in [-0.4, -0.2) is 65.4 Å². The Balaban J connectivity index is 2.48. The van der Waals surface area contributed by atoms with Crippen LogP contribution in [0.25, 0.3) is 0 Å². The molecule has 18 heavy (non-hydrogen) atoms. The van der Waals surface area contributed by atoms with Crippen LogP contribution in [0, 0.1) is 0 Å². The first-order valence-electron chi connectivity index (χ1n) is 6.38. The van der Waals surface area contributed by atoms with Gasteiger partial charge in [-0.15, -0.1) is 0 Å². The molecule has 0 aromatic rings. The van der Waals surface area contributed by atoms with Crippen molar-refractivity contribution in [1.82, 2.24) is 10.2 Å². The maximum Gasteiger partial charge on any atom is 0.451 e. The fourth-order valence-electron chi connectivity index (χ4n) is 2.44. The highest BCUT2D eigenvalue weighted by Gasteiger charge is 2.45. The zero-order chi connectivity index (χ0) is 13.8. The summed E-state index contributed by atoms with van der Waals surface area (Å²) in [5.41, 5.74) is -0.852. The van der Waals surface area contributed by atoms with Gasteiger partial charge in [0.1, 0.15) is 5.54 Å². The van der Waals surface area contributed by atoms with Gasteiger partial charge < -0.3 is 25.4 Å². The molecule has 1 fully saturated rings. The third kappa shape index (κ3) is 3.95. The van der Waals surface area contributed by atoms with Crippen LogP contribution in [0.2, 0.25) is 6.32 Å². The number of hydrogen-bond donors (Lipinski definition) is 4. The number of aliphatic carboxylic acids is 1. The van der Waals surface area contributed by atoms with Crippen molar-refractivity contribution in [1.29, 1.82) is 0 Å². The molecule has 0 saturated carbocycles. The van der Waals surface area contributed by atoms with Crippen LogP contribution in [0.5, 0.6) is 0 Å². The number of likely N-dealkylation sites (N-methyl/N-ethyl adjacent to an activating group) is 1. The van der Waals surface area contributed by atoms with E-state index in [9.17, 15) is 9.90 Å². The smallest absolute Gasteiger partial charge is 0.451 e. The Bertz CT molecular complexity index is 288. The molecule has 0 aromatic heterocycles. The van der Waals surface area contributed by atoms with E-state index >= 15 is 0 Å². The molecule has 4 N–H and O–H groups in total. The van der Waals surface area contributed by atoms with E-state index in [0.717, 1.165) is 0 Å². The summed E-state index contributed by atoms with van der Waals surface area (Å²) in [6, 6.07) is 0.240. The van der Waals surface area contributed by atoms with Crippen LogP contribution >= 0.6 is 0 Å². The van der Waals surface area contributed by atoms with Gasteiger partial charge in [-0.1, -0.05) is 12.8 Å². The molecule has 104 valence electrons. The first-order valence-corrected chi connectivity index (χ1v) is 6.38. The average molecular weight is 258 g/mol. The predicted octanol–water partition coefficient (Wildman–Crippen LogP) is -0.624. The van der Waals surface area contributed by atoms with E-state index in [4.69, 9.17) is 10.0 Å². The third-order valence-corrected chi connectivity index (χ3v) is 3.72. The molecule has 0 aliphatic carbocycles. The Kier molecular flexibility index (Phi) is 5.59. The molecule has 0 unspecified atom stereocenters. The molecule has 1 rings (SSSR count). The Morgan fingerprint density at radius 3 is 2.56 bits per heavy atom. The Morgan fingerprint density at radius 1 is 1.44 bits per heavy atom. The summed E-state index contributed by atoms with van der Waals surface area (Å²) >= 11 is 0. The molecule has 2 atom stereocenters. The summed E-state index contributed by atoms with van der Waals surface area (Å²) in [4.78, 5) is 13.5. The monoisotopic (exact) mass is 258 g/mol. The first kappa shape index (κ1) is 15.4. The topological polar surface area (TPSA) is 93.0 Å². The number of nitrogens with one attached hydrogen (secondary N) is 1. The summed E-state index contributed by atoms with van der Waals surface area (Å²) in [5.74, 6) is -0.809. The Labute approximate surface area is 108 Å². The van der Waals surface area contributed by atoms with E-state index in [1.54, 1.807) is 0 Å². The van der Waals surface area contributed by atoms with Gasteiger partial charge in [0.25, 0.3) is 0 Å². The highest BCUT2D eigenvalue weighted by atomic mass is 16.4. The molecule has 1 heterocycles. The Hall–Kier alpha value is -0.625. The van der Waals surface area contributed by atoms with Crippen molar-refractivity contribution in [3.8, 4) is 0 Å². The molecule has 0 bridgehead atoms. The molecule has 1 aliphatic heterocycles. The lowest BCUT2D eigenvalue weighted by Crippen LogP contribution is -2.47. The van der Waals surface area contributed by atoms with Crippen LogP contribution < -0.4 is 5.32 Å². The third-order valence-electron chi connectivity index (χ3n) is 3.72. The summed E-state index contributed by atoms with van der Waals surface area (Å²) in [6.07, 6.45) is 2.72.